The summed E-state index contributed by atoms with van der Waals surface area (Å²) < 4.78 is 7.95. The number of ether oxygens (including phenoxy) is 1. The molecule has 3 heterocycles. The number of aromatic nitrogens is 2. The maximum absolute atomic E-state index is 12.7. The van der Waals surface area contributed by atoms with Gasteiger partial charge in [-0.15, -0.1) is 0 Å². The van der Waals surface area contributed by atoms with Crippen LogP contribution in [-0.4, -0.2) is 47.8 Å². The van der Waals surface area contributed by atoms with Crippen LogP contribution in [0.1, 0.15) is 36.8 Å². The van der Waals surface area contributed by atoms with Gasteiger partial charge in [-0.05, 0) is 50.3 Å². The third-order valence-corrected chi connectivity index (χ3v) is 6.77. The van der Waals surface area contributed by atoms with Crippen LogP contribution in [0.15, 0.2) is 48.5 Å². The number of nitrogens with zero attached hydrogens (tertiary/aromatic N) is 3. The first-order valence-electron chi connectivity index (χ1n) is 11.8. The lowest BCUT2D eigenvalue weighted by molar-refractivity contribution is -0.126. The molecule has 2 fully saturated rings. The molecule has 0 aliphatic carbocycles. The third-order valence-electron chi connectivity index (χ3n) is 6.77. The van der Waals surface area contributed by atoms with Gasteiger partial charge in [-0.25, -0.2) is 4.98 Å². The van der Waals surface area contributed by atoms with E-state index >= 15 is 0 Å². The molecule has 168 valence electrons. The van der Waals surface area contributed by atoms with E-state index in [1.807, 2.05) is 6.07 Å². The highest BCUT2D eigenvalue weighted by atomic mass is 16.5. The highest BCUT2D eigenvalue weighted by Gasteiger charge is 2.28. The first-order valence-corrected chi connectivity index (χ1v) is 11.8. The van der Waals surface area contributed by atoms with Crippen LogP contribution < -0.4 is 10.2 Å². The number of piperidine rings is 1. The molecule has 0 radical (unpaired) electrons. The third kappa shape index (κ3) is 4.51. The minimum absolute atomic E-state index is 0.0718. The van der Waals surface area contributed by atoms with Gasteiger partial charge in [0.05, 0.1) is 23.7 Å². The SMILES string of the molecule is Cc1ccc(Cn2c(N3CCC(C(=O)NC[C@@H]4CCCO4)CC3)nc3ccccc32)cc1. The summed E-state index contributed by atoms with van der Waals surface area (Å²) in [4.78, 5) is 20.0. The van der Waals surface area contributed by atoms with Crippen molar-refractivity contribution in [2.24, 2.45) is 5.92 Å². The second kappa shape index (κ2) is 9.33. The van der Waals surface area contributed by atoms with Crippen LogP contribution in [0.2, 0.25) is 0 Å². The van der Waals surface area contributed by atoms with Crippen LogP contribution in [-0.2, 0) is 16.1 Å². The van der Waals surface area contributed by atoms with E-state index in [9.17, 15) is 4.79 Å². The Morgan fingerprint density at radius 2 is 1.88 bits per heavy atom. The average Bonchev–Trinajstić information content (AvgIpc) is 3.47. The number of anilines is 1. The highest BCUT2D eigenvalue weighted by molar-refractivity contribution is 5.80. The number of rotatable bonds is 6. The Balaban J connectivity index is 1.28. The first-order chi connectivity index (χ1) is 15.7. The van der Waals surface area contributed by atoms with E-state index in [0.717, 1.165) is 68.9 Å². The second-order valence-corrected chi connectivity index (χ2v) is 9.11. The molecule has 1 amide bonds. The Bertz CT molecular complexity index is 1060. The fraction of sp³-hybridized carbons (Fsp3) is 0.462. The Hall–Kier alpha value is -2.86. The number of nitrogens with one attached hydrogen (secondary N) is 1. The summed E-state index contributed by atoms with van der Waals surface area (Å²) in [5.41, 5.74) is 4.71. The first kappa shape index (κ1) is 21.0. The predicted molar refractivity (Wildman–Crippen MR) is 127 cm³/mol. The van der Waals surface area contributed by atoms with Gasteiger partial charge in [-0.2, -0.15) is 0 Å². The number of imidazole rings is 1. The minimum atomic E-state index is 0.0718. The van der Waals surface area contributed by atoms with Crippen LogP contribution in [0, 0.1) is 12.8 Å². The van der Waals surface area contributed by atoms with Gasteiger partial charge >= 0.3 is 0 Å². The maximum atomic E-state index is 12.7. The molecule has 1 N–H and O–H groups in total. The summed E-state index contributed by atoms with van der Waals surface area (Å²) >= 11 is 0. The number of carbonyl (C=O) groups excluding carboxylic acids is 1. The van der Waals surface area contributed by atoms with Crippen molar-refractivity contribution in [2.45, 2.75) is 45.3 Å². The van der Waals surface area contributed by atoms with Crippen LogP contribution in [0.25, 0.3) is 11.0 Å². The highest BCUT2D eigenvalue weighted by Crippen LogP contribution is 2.28. The van der Waals surface area contributed by atoms with Crippen molar-refractivity contribution >= 4 is 22.9 Å². The maximum Gasteiger partial charge on any atom is 0.223 e. The molecule has 0 unspecified atom stereocenters. The summed E-state index contributed by atoms with van der Waals surface area (Å²) in [6, 6.07) is 17.0. The molecule has 3 aromatic rings. The normalized spacial score (nSPS) is 19.5. The molecular weight excluding hydrogens is 400 g/mol. The van der Waals surface area contributed by atoms with Gasteiger partial charge in [0.2, 0.25) is 11.9 Å². The van der Waals surface area contributed by atoms with Crippen molar-refractivity contribution in [3.8, 4) is 0 Å². The fourth-order valence-corrected chi connectivity index (χ4v) is 4.84. The number of carbonyl (C=O) groups is 1. The molecule has 2 aliphatic rings. The van der Waals surface area contributed by atoms with Gasteiger partial charge in [0, 0.05) is 32.2 Å². The van der Waals surface area contributed by atoms with Crippen molar-refractivity contribution in [1.82, 2.24) is 14.9 Å². The molecule has 2 aromatic carbocycles. The van der Waals surface area contributed by atoms with Crippen molar-refractivity contribution in [1.29, 1.82) is 0 Å². The molecule has 0 saturated carbocycles. The Kier molecular flexibility index (Phi) is 6.12. The van der Waals surface area contributed by atoms with Gasteiger partial charge in [-0.3, -0.25) is 4.79 Å². The molecule has 0 bridgehead atoms. The van der Waals surface area contributed by atoms with E-state index in [1.165, 1.54) is 11.1 Å². The Morgan fingerprint density at radius 3 is 2.62 bits per heavy atom. The zero-order valence-corrected chi connectivity index (χ0v) is 18.8. The zero-order valence-electron chi connectivity index (χ0n) is 18.8. The summed E-state index contributed by atoms with van der Waals surface area (Å²) in [5.74, 6) is 1.25. The summed E-state index contributed by atoms with van der Waals surface area (Å²) in [6.45, 7) is 6.05. The lowest BCUT2D eigenvalue weighted by Gasteiger charge is -2.32. The zero-order chi connectivity index (χ0) is 21.9. The number of hydrogen-bond donors (Lipinski definition) is 1. The average molecular weight is 433 g/mol. The number of aryl methyl sites for hydroxylation is 1. The molecule has 1 aromatic heterocycles. The number of para-hydroxylation sites is 2. The van der Waals surface area contributed by atoms with Crippen LogP contribution >= 0.6 is 0 Å². The number of fused-ring (bicyclic) bond motifs is 1. The molecule has 0 spiro atoms. The monoisotopic (exact) mass is 432 g/mol. The lowest BCUT2D eigenvalue weighted by atomic mass is 9.96. The number of amides is 1. The number of benzene rings is 2. The minimum Gasteiger partial charge on any atom is -0.376 e. The van der Waals surface area contributed by atoms with Crippen molar-refractivity contribution < 1.29 is 9.53 Å². The standard InChI is InChI=1S/C26H32N4O2/c1-19-8-10-20(11-9-19)18-30-24-7-3-2-6-23(24)28-26(30)29-14-12-21(13-15-29)25(31)27-17-22-5-4-16-32-22/h2-3,6-11,21-22H,4-5,12-18H2,1H3,(H,27,31)/t22-/m0/s1. The molecule has 5 rings (SSSR count). The van der Waals surface area contributed by atoms with Crippen molar-refractivity contribution in [3.05, 3.63) is 59.7 Å². The fourth-order valence-electron chi connectivity index (χ4n) is 4.84. The van der Waals surface area contributed by atoms with E-state index in [-0.39, 0.29) is 17.9 Å². The summed E-state index contributed by atoms with van der Waals surface area (Å²) in [7, 11) is 0. The van der Waals surface area contributed by atoms with Gasteiger partial charge < -0.3 is 19.5 Å². The number of hydrogen-bond acceptors (Lipinski definition) is 4. The molecule has 2 aliphatic heterocycles. The summed E-state index contributed by atoms with van der Waals surface area (Å²) in [5, 5.41) is 3.12. The van der Waals surface area contributed by atoms with E-state index in [4.69, 9.17) is 9.72 Å². The van der Waals surface area contributed by atoms with Crippen LogP contribution in [0.4, 0.5) is 5.95 Å². The topological polar surface area (TPSA) is 59.4 Å². The van der Waals surface area contributed by atoms with Crippen LogP contribution in [0.5, 0.6) is 0 Å². The molecular formula is C26H32N4O2. The predicted octanol–water partition coefficient (Wildman–Crippen LogP) is 3.90. The molecule has 32 heavy (non-hydrogen) atoms. The lowest BCUT2D eigenvalue weighted by Crippen LogP contribution is -2.43. The van der Waals surface area contributed by atoms with Crippen molar-refractivity contribution in [3.63, 3.8) is 0 Å². The Morgan fingerprint density at radius 1 is 1.09 bits per heavy atom. The smallest absolute Gasteiger partial charge is 0.223 e. The van der Waals surface area contributed by atoms with Gasteiger partial charge in [0.15, 0.2) is 0 Å². The molecule has 2 saturated heterocycles. The van der Waals surface area contributed by atoms with E-state index in [0.29, 0.717) is 6.54 Å². The van der Waals surface area contributed by atoms with Gasteiger partial charge in [0.1, 0.15) is 0 Å². The van der Waals surface area contributed by atoms with Gasteiger partial charge in [0.25, 0.3) is 0 Å². The van der Waals surface area contributed by atoms with E-state index in [2.05, 4.69) is 64.2 Å². The van der Waals surface area contributed by atoms with Crippen molar-refractivity contribution in [2.75, 3.05) is 31.1 Å². The second-order valence-electron chi connectivity index (χ2n) is 9.11. The largest absolute Gasteiger partial charge is 0.376 e. The quantitative estimate of drug-likeness (QED) is 0.642. The Labute approximate surface area is 189 Å². The van der Waals surface area contributed by atoms with E-state index in [1.54, 1.807) is 0 Å². The molecule has 6 nitrogen and oxygen atoms in total. The molecule has 6 heteroatoms. The van der Waals surface area contributed by atoms with Crippen LogP contribution in [0.3, 0.4) is 0 Å². The van der Waals surface area contributed by atoms with Gasteiger partial charge in [-0.1, -0.05) is 42.0 Å². The van der Waals surface area contributed by atoms with E-state index < -0.39 is 0 Å². The molecule has 1 atom stereocenters. The summed E-state index contributed by atoms with van der Waals surface area (Å²) in [6.07, 6.45) is 4.05.